The average molecular weight is 364 g/mol. The highest BCUT2D eigenvalue weighted by Gasteiger charge is 2.27. The zero-order chi connectivity index (χ0) is 16.8. The number of nitrogens with two attached hydrogens (primary N) is 1. The number of halogens is 1. The van der Waals surface area contributed by atoms with Gasteiger partial charge in [0.15, 0.2) is 5.82 Å². The van der Waals surface area contributed by atoms with Crippen LogP contribution >= 0.6 is 12.4 Å². The zero-order valence-corrected chi connectivity index (χ0v) is 15.1. The van der Waals surface area contributed by atoms with E-state index in [4.69, 9.17) is 5.73 Å². The summed E-state index contributed by atoms with van der Waals surface area (Å²) in [5.41, 5.74) is 7.17. The van der Waals surface area contributed by atoms with E-state index in [1.807, 2.05) is 24.3 Å². The summed E-state index contributed by atoms with van der Waals surface area (Å²) in [5.74, 6) is 2.26. The highest BCUT2D eigenvalue weighted by atomic mass is 35.5. The first-order valence-electron chi connectivity index (χ1n) is 8.79. The maximum absolute atomic E-state index is 12.0. The van der Waals surface area contributed by atoms with Crippen LogP contribution in [0.5, 0.6) is 0 Å². The first-order valence-corrected chi connectivity index (χ1v) is 8.79. The first-order chi connectivity index (χ1) is 11.8. The van der Waals surface area contributed by atoms with Crippen molar-refractivity contribution in [2.24, 2.45) is 5.73 Å². The summed E-state index contributed by atoms with van der Waals surface area (Å²) in [6, 6.07) is 7.69. The molecule has 25 heavy (non-hydrogen) atoms. The monoisotopic (exact) mass is 363 g/mol. The molecule has 136 valence electrons. The van der Waals surface area contributed by atoms with E-state index < -0.39 is 0 Å². The second kappa shape index (κ2) is 9.53. The van der Waals surface area contributed by atoms with E-state index in [1.54, 1.807) is 0 Å². The van der Waals surface area contributed by atoms with Gasteiger partial charge < -0.3 is 11.1 Å². The maximum atomic E-state index is 12.0. The van der Waals surface area contributed by atoms with Gasteiger partial charge in [-0.1, -0.05) is 25.0 Å². The Kier molecular flexibility index (Phi) is 7.40. The summed E-state index contributed by atoms with van der Waals surface area (Å²) in [6.07, 6.45) is 6.99. The van der Waals surface area contributed by atoms with E-state index in [0.29, 0.717) is 18.2 Å². The third kappa shape index (κ3) is 5.83. The molecule has 0 unspecified atom stereocenters. The minimum Gasteiger partial charge on any atom is -0.330 e. The Bertz CT molecular complexity index is 684. The number of nitrogens with one attached hydrogen (secondary N) is 2. The number of carbonyl (C=O) groups excluding carboxylic acids is 1. The Labute approximate surface area is 154 Å². The first kappa shape index (κ1) is 19.4. The molecule has 4 N–H and O–H groups in total. The highest BCUT2D eigenvalue weighted by molar-refractivity contribution is 5.91. The number of H-pyrrole nitrogens is 1. The van der Waals surface area contributed by atoms with Gasteiger partial charge in [0.25, 0.3) is 0 Å². The van der Waals surface area contributed by atoms with Crippen molar-refractivity contribution in [1.82, 2.24) is 15.2 Å². The van der Waals surface area contributed by atoms with Gasteiger partial charge in [-0.25, -0.2) is 4.98 Å². The third-order valence-electron chi connectivity index (χ3n) is 4.23. The van der Waals surface area contributed by atoms with Crippen LogP contribution in [-0.2, 0) is 4.79 Å². The lowest BCUT2D eigenvalue weighted by molar-refractivity contribution is -0.116. The van der Waals surface area contributed by atoms with Crippen LogP contribution in [0.2, 0.25) is 0 Å². The molecule has 2 aromatic rings. The van der Waals surface area contributed by atoms with Crippen LogP contribution in [0.15, 0.2) is 24.3 Å². The van der Waals surface area contributed by atoms with E-state index in [0.717, 1.165) is 49.3 Å². The number of hydrogen-bond acceptors (Lipinski definition) is 4. The van der Waals surface area contributed by atoms with Gasteiger partial charge in [0, 0.05) is 23.6 Å². The molecule has 6 nitrogen and oxygen atoms in total. The predicted octanol–water partition coefficient (Wildman–Crippen LogP) is 3.62. The molecule has 1 aromatic heterocycles. The third-order valence-corrected chi connectivity index (χ3v) is 4.23. The van der Waals surface area contributed by atoms with Gasteiger partial charge >= 0.3 is 0 Å². The molecule has 1 heterocycles. The van der Waals surface area contributed by atoms with Crippen LogP contribution in [0.4, 0.5) is 5.69 Å². The average Bonchev–Trinajstić information content (AvgIpc) is 3.32. The number of rotatable bonds is 9. The van der Waals surface area contributed by atoms with Gasteiger partial charge in [-0.3, -0.25) is 9.89 Å². The minimum absolute atomic E-state index is 0. The van der Waals surface area contributed by atoms with E-state index in [-0.39, 0.29) is 18.3 Å². The molecule has 3 rings (SSSR count). The molecule has 1 fully saturated rings. The number of nitrogens with zero attached hydrogens (tertiary/aromatic N) is 2. The van der Waals surface area contributed by atoms with Crippen molar-refractivity contribution in [2.45, 2.75) is 50.9 Å². The van der Waals surface area contributed by atoms with Crippen LogP contribution in [-0.4, -0.2) is 27.6 Å². The summed E-state index contributed by atoms with van der Waals surface area (Å²) >= 11 is 0. The molecule has 1 saturated carbocycles. The van der Waals surface area contributed by atoms with Crippen molar-refractivity contribution >= 4 is 24.0 Å². The minimum atomic E-state index is 0. The summed E-state index contributed by atoms with van der Waals surface area (Å²) in [5, 5.41) is 10.3. The van der Waals surface area contributed by atoms with Crippen molar-refractivity contribution in [3.05, 3.63) is 30.1 Å². The van der Waals surface area contributed by atoms with Gasteiger partial charge in [0.05, 0.1) is 0 Å². The fourth-order valence-corrected chi connectivity index (χ4v) is 2.69. The van der Waals surface area contributed by atoms with Crippen LogP contribution in [0.1, 0.15) is 56.7 Å². The normalized spacial score (nSPS) is 13.3. The lowest BCUT2D eigenvalue weighted by atomic mass is 10.1. The lowest BCUT2D eigenvalue weighted by Crippen LogP contribution is -2.11. The Hall–Kier alpha value is -1.92. The fraction of sp³-hybridized carbons (Fsp3) is 0.500. The number of aromatic amines is 1. The molecular weight excluding hydrogens is 338 g/mol. The maximum Gasteiger partial charge on any atom is 0.224 e. The van der Waals surface area contributed by atoms with Crippen molar-refractivity contribution in [3.8, 4) is 11.4 Å². The number of carbonyl (C=O) groups is 1. The van der Waals surface area contributed by atoms with Crippen LogP contribution in [0.3, 0.4) is 0 Å². The van der Waals surface area contributed by atoms with Gasteiger partial charge in [-0.15, -0.1) is 12.4 Å². The predicted molar refractivity (Wildman–Crippen MR) is 102 cm³/mol. The van der Waals surface area contributed by atoms with Crippen molar-refractivity contribution < 1.29 is 4.79 Å². The van der Waals surface area contributed by atoms with Gasteiger partial charge in [-0.2, -0.15) is 5.10 Å². The summed E-state index contributed by atoms with van der Waals surface area (Å²) < 4.78 is 0. The molecule has 0 saturated heterocycles. The Morgan fingerprint density at radius 2 is 2.04 bits per heavy atom. The van der Waals surface area contributed by atoms with Crippen LogP contribution in [0, 0.1) is 0 Å². The second-order valence-corrected chi connectivity index (χ2v) is 6.40. The number of amides is 1. The lowest BCUT2D eigenvalue weighted by Gasteiger charge is -2.06. The highest BCUT2D eigenvalue weighted by Crippen LogP contribution is 2.38. The number of aromatic nitrogens is 3. The molecule has 0 atom stereocenters. The van der Waals surface area contributed by atoms with Gasteiger partial charge in [0.1, 0.15) is 5.82 Å². The van der Waals surface area contributed by atoms with Crippen LogP contribution < -0.4 is 11.1 Å². The smallest absolute Gasteiger partial charge is 0.224 e. The van der Waals surface area contributed by atoms with Gasteiger partial charge in [-0.05, 0) is 44.4 Å². The SMILES string of the molecule is Cl.NCCCCCCC(=O)Nc1cccc(-c2n[nH]c(C3CC3)n2)c1. The molecule has 1 aliphatic rings. The van der Waals surface area contributed by atoms with Crippen molar-refractivity contribution in [2.75, 3.05) is 11.9 Å². The van der Waals surface area contributed by atoms with Crippen molar-refractivity contribution in [1.29, 1.82) is 0 Å². The van der Waals surface area contributed by atoms with E-state index >= 15 is 0 Å². The number of anilines is 1. The standard InChI is InChI=1S/C18H25N5O.ClH/c19-11-4-2-1-3-8-16(24)20-15-7-5-6-14(12-15)18-21-17(22-23-18)13-9-10-13;/h5-7,12-13H,1-4,8-11,19H2,(H,20,24)(H,21,22,23);1H. The van der Waals surface area contributed by atoms with E-state index in [2.05, 4.69) is 20.5 Å². The van der Waals surface area contributed by atoms with Gasteiger partial charge in [0.2, 0.25) is 5.91 Å². The number of benzene rings is 1. The Morgan fingerprint density at radius 3 is 2.80 bits per heavy atom. The number of unbranched alkanes of at least 4 members (excludes halogenated alkanes) is 3. The van der Waals surface area contributed by atoms with Crippen LogP contribution in [0.25, 0.3) is 11.4 Å². The number of hydrogen-bond donors (Lipinski definition) is 3. The second-order valence-electron chi connectivity index (χ2n) is 6.40. The molecule has 7 heteroatoms. The molecule has 0 bridgehead atoms. The summed E-state index contributed by atoms with van der Waals surface area (Å²) in [6.45, 7) is 0.725. The largest absolute Gasteiger partial charge is 0.330 e. The molecule has 1 amide bonds. The molecule has 1 aliphatic carbocycles. The van der Waals surface area contributed by atoms with E-state index in [9.17, 15) is 4.79 Å². The van der Waals surface area contributed by atoms with Crippen molar-refractivity contribution in [3.63, 3.8) is 0 Å². The topological polar surface area (TPSA) is 96.7 Å². The summed E-state index contributed by atoms with van der Waals surface area (Å²) in [4.78, 5) is 16.6. The molecule has 1 aromatic carbocycles. The zero-order valence-electron chi connectivity index (χ0n) is 14.3. The molecule has 0 spiro atoms. The quantitative estimate of drug-likeness (QED) is 0.593. The fourth-order valence-electron chi connectivity index (χ4n) is 2.69. The molecule has 0 aliphatic heterocycles. The van der Waals surface area contributed by atoms with E-state index in [1.165, 1.54) is 12.8 Å². The Balaban J connectivity index is 0.00000225. The Morgan fingerprint density at radius 1 is 1.24 bits per heavy atom. The molecular formula is C18H26ClN5O. The summed E-state index contributed by atoms with van der Waals surface area (Å²) in [7, 11) is 0. The molecule has 0 radical (unpaired) electrons.